The van der Waals surface area contributed by atoms with E-state index in [-0.39, 0.29) is 0 Å². The molecule has 0 spiro atoms. The largest absolute Gasteiger partial charge is 0.478 e. The van der Waals surface area contributed by atoms with E-state index in [1.165, 1.54) is 31.2 Å². The van der Waals surface area contributed by atoms with Crippen LogP contribution >= 0.6 is 0 Å². The Hall–Kier alpha value is -1.09. The van der Waals surface area contributed by atoms with Crippen LogP contribution in [0.3, 0.4) is 0 Å². The van der Waals surface area contributed by atoms with E-state index in [9.17, 15) is 0 Å². The molecule has 3 nitrogen and oxygen atoms in total. The minimum Gasteiger partial charge on any atom is -0.478 e. The van der Waals surface area contributed by atoms with Gasteiger partial charge in [-0.15, -0.1) is 0 Å². The molecular weight excluding hydrogens is 224 g/mol. The van der Waals surface area contributed by atoms with Gasteiger partial charge in [-0.25, -0.2) is 4.98 Å². The SMILES string of the molecule is CCCCCCCOc1ccc(CNCC)cn1. The number of hydrogen-bond acceptors (Lipinski definition) is 3. The first-order valence-corrected chi connectivity index (χ1v) is 7.15. The molecule has 0 aromatic carbocycles. The molecule has 0 unspecified atom stereocenters. The molecule has 0 aliphatic heterocycles. The lowest BCUT2D eigenvalue weighted by Crippen LogP contribution is -2.11. The molecule has 1 heterocycles. The quantitative estimate of drug-likeness (QED) is 0.645. The van der Waals surface area contributed by atoms with Gasteiger partial charge >= 0.3 is 0 Å². The number of pyridine rings is 1. The van der Waals surface area contributed by atoms with Gasteiger partial charge in [-0.1, -0.05) is 45.6 Å². The summed E-state index contributed by atoms with van der Waals surface area (Å²) in [5, 5.41) is 3.28. The van der Waals surface area contributed by atoms with E-state index in [1.807, 2.05) is 12.3 Å². The Kier molecular flexibility index (Phi) is 8.23. The fraction of sp³-hybridized carbons (Fsp3) is 0.667. The van der Waals surface area contributed by atoms with Crippen molar-refractivity contribution in [3.63, 3.8) is 0 Å². The van der Waals surface area contributed by atoms with Gasteiger partial charge in [0, 0.05) is 18.8 Å². The Morgan fingerprint density at radius 2 is 1.94 bits per heavy atom. The van der Waals surface area contributed by atoms with Crippen molar-refractivity contribution < 1.29 is 4.74 Å². The summed E-state index contributed by atoms with van der Waals surface area (Å²) in [5.74, 6) is 0.741. The first-order valence-electron chi connectivity index (χ1n) is 7.15. The molecule has 0 radical (unpaired) electrons. The van der Waals surface area contributed by atoms with Crippen molar-refractivity contribution >= 4 is 0 Å². The number of rotatable bonds is 10. The molecule has 0 aliphatic rings. The summed E-state index contributed by atoms with van der Waals surface area (Å²) in [4.78, 5) is 4.30. The third-order valence-electron chi connectivity index (χ3n) is 2.87. The van der Waals surface area contributed by atoms with Gasteiger partial charge in [0.05, 0.1) is 6.61 Å². The number of nitrogens with zero attached hydrogens (tertiary/aromatic N) is 1. The molecule has 102 valence electrons. The molecule has 1 aromatic heterocycles. The van der Waals surface area contributed by atoms with Crippen LogP contribution in [-0.2, 0) is 6.54 Å². The lowest BCUT2D eigenvalue weighted by molar-refractivity contribution is 0.293. The van der Waals surface area contributed by atoms with Crippen LogP contribution < -0.4 is 10.1 Å². The molecule has 18 heavy (non-hydrogen) atoms. The Morgan fingerprint density at radius 3 is 2.61 bits per heavy atom. The van der Waals surface area contributed by atoms with Gasteiger partial charge in [0.25, 0.3) is 0 Å². The minimum absolute atomic E-state index is 0.741. The molecule has 0 bridgehead atoms. The average molecular weight is 250 g/mol. The number of ether oxygens (including phenoxy) is 1. The topological polar surface area (TPSA) is 34.1 Å². The van der Waals surface area contributed by atoms with Crippen molar-refractivity contribution in [1.29, 1.82) is 0 Å². The van der Waals surface area contributed by atoms with Crippen molar-refractivity contribution in [2.75, 3.05) is 13.2 Å². The Balaban J connectivity index is 2.14. The van der Waals surface area contributed by atoms with E-state index in [0.717, 1.165) is 32.0 Å². The molecule has 0 saturated heterocycles. The van der Waals surface area contributed by atoms with Crippen LogP contribution in [0.2, 0.25) is 0 Å². The van der Waals surface area contributed by atoms with Crippen molar-refractivity contribution in [3.05, 3.63) is 23.9 Å². The molecule has 0 atom stereocenters. The zero-order valence-electron chi connectivity index (χ0n) is 11.7. The van der Waals surface area contributed by atoms with Gasteiger partial charge in [0.2, 0.25) is 5.88 Å². The van der Waals surface area contributed by atoms with Crippen molar-refractivity contribution in [3.8, 4) is 5.88 Å². The van der Waals surface area contributed by atoms with Gasteiger partial charge in [0.15, 0.2) is 0 Å². The molecular formula is C15H26N2O. The van der Waals surface area contributed by atoms with Crippen LogP contribution in [-0.4, -0.2) is 18.1 Å². The molecule has 1 N–H and O–H groups in total. The average Bonchev–Trinajstić information content (AvgIpc) is 2.42. The standard InChI is InChI=1S/C15H26N2O/c1-3-5-6-7-8-11-18-15-10-9-14(13-17-15)12-16-4-2/h9-10,13,16H,3-8,11-12H2,1-2H3. The van der Waals surface area contributed by atoms with Crippen molar-refractivity contribution in [1.82, 2.24) is 10.3 Å². The second-order valence-corrected chi connectivity index (χ2v) is 4.55. The summed E-state index contributed by atoms with van der Waals surface area (Å²) in [7, 11) is 0. The molecule has 0 saturated carbocycles. The highest BCUT2D eigenvalue weighted by Gasteiger charge is 1.97. The molecule has 0 fully saturated rings. The Bertz CT molecular complexity index is 298. The van der Waals surface area contributed by atoms with E-state index < -0.39 is 0 Å². The summed E-state index contributed by atoms with van der Waals surface area (Å²) in [5.41, 5.74) is 1.20. The first kappa shape index (κ1) is 15.0. The minimum atomic E-state index is 0.741. The van der Waals surface area contributed by atoms with Crippen LogP contribution in [0, 0.1) is 0 Å². The van der Waals surface area contributed by atoms with Gasteiger partial charge in [-0.05, 0) is 18.5 Å². The molecule has 1 aromatic rings. The third-order valence-corrected chi connectivity index (χ3v) is 2.87. The smallest absolute Gasteiger partial charge is 0.213 e. The van der Waals surface area contributed by atoms with Crippen LogP contribution in [0.25, 0.3) is 0 Å². The summed E-state index contributed by atoms with van der Waals surface area (Å²) < 4.78 is 5.61. The monoisotopic (exact) mass is 250 g/mol. The van der Waals surface area contributed by atoms with E-state index in [1.54, 1.807) is 0 Å². The summed E-state index contributed by atoms with van der Waals surface area (Å²) >= 11 is 0. The predicted molar refractivity (Wildman–Crippen MR) is 75.9 cm³/mol. The van der Waals surface area contributed by atoms with Crippen LogP contribution in [0.15, 0.2) is 18.3 Å². The van der Waals surface area contributed by atoms with Gasteiger partial charge in [-0.2, -0.15) is 0 Å². The summed E-state index contributed by atoms with van der Waals surface area (Å²) in [6, 6.07) is 4.03. The predicted octanol–water partition coefficient (Wildman–Crippen LogP) is 3.54. The maximum atomic E-state index is 5.61. The second kappa shape index (κ2) is 9.89. The maximum absolute atomic E-state index is 5.61. The van der Waals surface area contributed by atoms with Crippen LogP contribution in [0.1, 0.15) is 51.5 Å². The lowest BCUT2D eigenvalue weighted by Gasteiger charge is -2.06. The van der Waals surface area contributed by atoms with Crippen molar-refractivity contribution in [2.24, 2.45) is 0 Å². The maximum Gasteiger partial charge on any atom is 0.213 e. The third kappa shape index (κ3) is 6.60. The lowest BCUT2D eigenvalue weighted by atomic mass is 10.2. The number of hydrogen-bond donors (Lipinski definition) is 1. The highest BCUT2D eigenvalue weighted by atomic mass is 16.5. The van der Waals surface area contributed by atoms with E-state index in [0.29, 0.717) is 0 Å². The zero-order chi connectivity index (χ0) is 13.1. The fourth-order valence-electron chi connectivity index (χ4n) is 1.75. The van der Waals surface area contributed by atoms with Gasteiger partial charge in [-0.3, -0.25) is 0 Å². The number of aromatic nitrogens is 1. The fourth-order valence-corrected chi connectivity index (χ4v) is 1.75. The van der Waals surface area contributed by atoms with Crippen LogP contribution in [0.5, 0.6) is 5.88 Å². The highest BCUT2D eigenvalue weighted by molar-refractivity contribution is 5.17. The number of nitrogens with one attached hydrogen (secondary N) is 1. The normalized spacial score (nSPS) is 10.6. The van der Waals surface area contributed by atoms with E-state index in [4.69, 9.17) is 4.74 Å². The highest BCUT2D eigenvalue weighted by Crippen LogP contribution is 2.09. The Labute approximate surface area is 111 Å². The summed E-state index contributed by atoms with van der Waals surface area (Å²) in [6.07, 6.45) is 8.20. The summed E-state index contributed by atoms with van der Waals surface area (Å²) in [6.45, 7) is 6.97. The van der Waals surface area contributed by atoms with Crippen molar-refractivity contribution in [2.45, 2.75) is 52.5 Å². The van der Waals surface area contributed by atoms with Gasteiger partial charge in [0.1, 0.15) is 0 Å². The van der Waals surface area contributed by atoms with E-state index >= 15 is 0 Å². The molecule has 0 amide bonds. The zero-order valence-corrected chi connectivity index (χ0v) is 11.7. The van der Waals surface area contributed by atoms with Crippen LogP contribution in [0.4, 0.5) is 0 Å². The molecule has 3 heteroatoms. The van der Waals surface area contributed by atoms with E-state index in [2.05, 4.69) is 30.2 Å². The second-order valence-electron chi connectivity index (χ2n) is 4.55. The first-order chi connectivity index (χ1) is 8.86. The van der Waals surface area contributed by atoms with Gasteiger partial charge < -0.3 is 10.1 Å². The molecule has 0 aliphatic carbocycles. The molecule has 1 rings (SSSR count). The Morgan fingerprint density at radius 1 is 1.11 bits per heavy atom. The number of unbranched alkanes of at least 4 members (excludes halogenated alkanes) is 4.